The molecule has 0 aliphatic heterocycles. The third-order valence-electron chi connectivity index (χ3n) is 4.73. The first-order chi connectivity index (χ1) is 15.9. The quantitative estimate of drug-likeness (QED) is 0.256. The number of aliphatic hydroxyl groups is 1. The first-order valence-corrected chi connectivity index (χ1v) is 11.3. The number of benzene rings is 2. The molecular formula is C23H22N7O2S-. The number of aliphatic hydroxyl groups excluding tert-OH is 1. The van der Waals surface area contributed by atoms with E-state index >= 15 is 0 Å². The summed E-state index contributed by atoms with van der Waals surface area (Å²) in [5, 5.41) is 21.2. The van der Waals surface area contributed by atoms with Crippen molar-refractivity contribution >= 4 is 39.0 Å². The molecule has 0 fully saturated rings. The van der Waals surface area contributed by atoms with Gasteiger partial charge in [0.2, 0.25) is 5.95 Å². The molecule has 2 aromatic carbocycles. The van der Waals surface area contributed by atoms with Crippen LogP contribution in [0.25, 0.3) is 10.9 Å². The Morgan fingerprint density at radius 3 is 2.73 bits per heavy atom. The Labute approximate surface area is 192 Å². The number of aromatic nitrogens is 4. The third-order valence-corrected chi connectivity index (χ3v) is 5.43. The van der Waals surface area contributed by atoms with Crippen LogP contribution in [0.3, 0.4) is 0 Å². The Balaban J connectivity index is 1.62. The fraction of sp³-hybridized carbons (Fsp3) is 0.174. The lowest BCUT2D eigenvalue weighted by molar-refractivity contribution is 0.281. The fourth-order valence-corrected chi connectivity index (χ4v) is 3.45. The first-order valence-electron chi connectivity index (χ1n) is 10.1. The number of aryl methyl sites for hydroxylation is 1. The Morgan fingerprint density at radius 2 is 2.00 bits per heavy atom. The predicted octanol–water partition coefficient (Wildman–Crippen LogP) is 3.38. The van der Waals surface area contributed by atoms with Gasteiger partial charge in [-0.25, -0.2) is 4.98 Å². The Bertz CT molecular complexity index is 1420. The minimum atomic E-state index is -1.79. The van der Waals surface area contributed by atoms with Crippen LogP contribution in [0, 0.1) is 16.6 Å². The van der Waals surface area contributed by atoms with Crippen LogP contribution in [0.5, 0.6) is 0 Å². The monoisotopic (exact) mass is 460 g/mol. The van der Waals surface area contributed by atoms with E-state index in [0.29, 0.717) is 27.9 Å². The van der Waals surface area contributed by atoms with Crippen molar-refractivity contribution in [2.75, 3.05) is 17.2 Å². The van der Waals surface area contributed by atoms with Crippen molar-refractivity contribution in [3.05, 3.63) is 66.0 Å². The van der Waals surface area contributed by atoms with Crippen molar-refractivity contribution in [3.63, 3.8) is 0 Å². The molecular weight excluding hydrogens is 438 g/mol. The molecule has 0 aliphatic carbocycles. The molecule has 0 aliphatic rings. The van der Waals surface area contributed by atoms with Gasteiger partial charge < -0.3 is 24.7 Å². The van der Waals surface area contributed by atoms with Gasteiger partial charge >= 0.3 is 0 Å². The highest BCUT2D eigenvalue weighted by atomic mass is 32.2. The standard InChI is InChI=1S/C23H22N7O2S/c1-15(14-31)26-22-17(5-3-16-4-6-18-13-30(2)29-21(18)11-16)12-25-23(28-22)27-19-7-9-20(10-8-19)33(24)32/h4,6-13,15,24,31H,14H2,1-2H3,(H2,25,26,27,28)/q-1/t15-/m1/s1. The van der Waals surface area contributed by atoms with E-state index in [9.17, 15) is 9.32 Å². The van der Waals surface area contributed by atoms with Crippen molar-refractivity contribution in [3.8, 4) is 11.8 Å². The van der Waals surface area contributed by atoms with Gasteiger partial charge in [-0.2, -0.15) is 20.7 Å². The van der Waals surface area contributed by atoms with Crippen LogP contribution in [0.15, 0.2) is 59.8 Å². The molecule has 33 heavy (non-hydrogen) atoms. The number of nitrogens with one attached hydrogen (secondary N) is 3. The summed E-state index contributed by atoms with van der Waals surface area (Å²) < 4.78 is 20.3. The lowest BCUT2D eigenvalue weighted by atomic mass is 10.1. The molecule has 0 saturated carbocycles. The molecule has 0 amide bonds. The number of hydrogen-bond donors (Lipinski definition) is 4. The number of rotatable bonds is 6. The second kappa shape index (κ2) is 9.68. The fourth-order valence-electron chi connectivity index (χ4n) is 3.07. The van der Waals surface area contributed by atoms with Crippen molar-refractivity contribution in [1.82, 2.24) is 19.7 Å². The van der Waals surface area contributed by atoms with Gasteiger partial charge in [0.05, 0.1) is 23.9 Å². The van der Waals surface area contributed by atoms with Crippen molar-refractivity contribution in [1.29, 1.82) is 4.78 Å². The molecule has 168 valence electrons. The lowest BCUT2D eigenvalue weighted by Crippen LogP contribution is -2.21. The molecule has 0 radical (unpaired) electrons. The Kier molecular flexibility index (Phi) is 6.53. The maximum atomic E-state index is 11.2. The van der Waals surface area contributed by atoms with Gasteiger partial charge in [-0.15, -0.1) is 0 Å². The maximum absolute atomic E-state index is 11.2. The highest BCUT2D eigenvalue weighted by molar-refractivity contribution is 7.73. The van der Waals surface area contributed by atoms with Crippen LogP contribution >= 0.6 is 0 Å². The van der Waals surface area contributed by atoms with E-state index < -0.39 is 10.6 Å². The number of fused-ring (bicyclic) bond motifs is 1. The number of hydrogen-bond acceptors (Lipinski definition) is 9. The highest BCUT2D eigenvalue weighted by Gasteiger charge is 2.09. The predicted molar refractivity (Wildman–Crippen MR) is 128 cm³/mol. The molecule has 9 nitrogen and oxygen atoms in total. The van der Waals surface area contributed by atoms with Gasteiger partial charge in [-0.1, -0.05) is 28.9 Å². The molecule has 0 saturated heterocycles. The molecule has 0 bridgehead atoms. The largest absolute Gasteiger partial charge is 0.440 e. The van der Waals surface area contributed by atoms with Crippen LogP contribution in [0.2, 0.25) is 0 Å². The second-order valence-electron chi connectivity index (χ2n) is 7.43. The van der Waals surface area contributed by atoms with Crippen LogP contribution in [0.4, 0.5) is 17.5 Å². The summed E-state index contributed by atoms with van der Waals surface area (Å²) in [5.74, 6) is 7.06. The van der Waals surface area contributed by atoms with E-state index in [-0.39, 0.29) is 12.6 Å². The van der Waals surface area contributed by atoms with Crippen LogP contribution < -0.4 is 10.6 Å². The summed E-state index contributed by atoms with van der Waals surface area (Å²) in [6.45, 7) is 1.77. The summed E-state index contributed by atoms with van der Waals surface area (Å²) >= 11 is 0. The van der Waals surface area contributed by atoms with E-state index in [1.54, 1.807) is 35.1 Å². The van der Waals surface area contributed by atoms with E-state index in [2.05, 4.69) is 37.5 Å². The summed E-state index contributed by atoms with van der Waals surface area (Å²) in [7, 11) is 0.0918. The highest BCUT2D eigenvalue weighted by Crippen LogP contribution is 2.19. The molecule has 2 aromatic heterocycles. The molecule has 4 N–H and O–H groups in total. The third kappa shape index (κ3) is 5.46. The van der Waals surface area contributed by atoms with E-state index in [1.807, 2.05) is 38.4 Å². The average Bonchev–Trinajstić information content (AvgIpc) is 3.18. The van der Waals surface area contributed by atoms with Crippen LogP contribution in [-0.4, -0.2) is 37.5 Å². The van der Waals surface area contributed by atoms with Gasteiger partial charge in [-0.3, -0.25) is 4.68 Å². The second-order valence-corrected chi connectivity index (χ2v) is 8.44. The molecule has 0 unspecified atom stereocenters. The van der Waals surface area contributed by atoms with Gasteiger partial charge in [0.1, 0.15) is 5.82 Å². The topological polar surface area (TPSA) is 129 Å². The average molecular weight is 461 g/mol. The SMILES string of the molecule is C[C@H](CO)Nc1nc(Nc2ccc([S-](=N)=O)cc2)ncc1C#Cc1ccc2cn(C)nc2c1. The lowest BCUT2D eigenvalue weighted by Gasteiger charge is -2.14. The van der Waals surface area contributed by atoms with Gasteiger partial charge in [0.15, 0.2) is 0 Å². The van der Waals surface area contributed by atoms with E-state index in [0.717, 1.165) is 16.5 Å². The molecule has 0 spiro atoms. The van der Waals surface area contributed by atoms with Crippen LogP contribution in [-0.2, 0) is 21.9 Å². The summed E-state index contributed by atoms with van der Waals surface area (Å²) in [6, 6.07) is 12.2. The van der Waals surface area contributed by atoms with Gasteiger partial charge in [0, 0.05) is 35.9 Å². The molecule has 4 aromatic rings. The summed E-state index contributed by atoms with van der Waals surface area (Å²) in [6.07, 6.45) is 3.56. The minimum absolute atomic E-state index is 0.0678. The summed E-state index contributed by atoms with van der Waals surface area (Å²) in [4.78, 5) is 9.28. The minimum Gasteiger partial charge on any atom is -0.440 e. The normalized spacial score (nSPS) is 11.8. The zero-order chi connectivity index (χ0) is 23.4. The van der Waals surface area contributed by atoms with Crippen LogP contribution in [0.1, 0.15) is 18.1 Å². The van der Waals surface area contributed by atoms with Crippen molar-refractivity contribution < 1.29 is 9.32 Å². The van der Waals surface area contributed by atoms with Crippen molar-refractivity contribution in [2.24, 2.45) is 7.05 Å². The van der Waals surface area contributed by atoms with Crippen molar-refractivity contribution in [2.45, 2.75) is 17.9 Å². The molecule has 10 heteroatoms. The maximum Gasteiger partial charge on any atom is 0.229 e. The van der Waals surface area contributed by atoms with E-state index in [4.69, 9.17) is 4.78 Å². The van der Waals surface area contributed by atoms with Gasteiger partial charge in [-0.05, 0) is 37.3 Å². The molecule has 2 heterocycles. The zero-order valence-corrected chi connectivity index (χ0v) is 18.8. The number of nitrogens with zero attached hydrogens (tertiary/aromatic N) is 4. The van der Waals surface area contributed by atoms with E-state index in [1.165, 1.54) is 0 Å². The van der Waals surface area contributed by atoms with Gasteiger partial charge in [0.25, 0.3) is 0 Å². The molecule has 4 rings (SSSR count). The summed E-state index contributed by atoms with van der Waals surface area (Å²) in [5.41, 5.74) is 2.96. The molecule has 1 atom stereocenters. The number of anilines is 3. The zero-order valence-electron chi connectivity index (χ0n) is 18.0. The first kappa shape index (κ1) is 22.3. The Morgan fingerprint density at radius 1 is 1.21 bits per heavy atom. The smallest absolute Gasteiger partial charge is 0.229 e. The Hall–Kier alpha value is -3.94.